The van der Waals surface area contributed by atoms with Crippen molar-refractivity contribution in [3.05, 3.63) is 200 Å². The predicted molar refractivity (Wildman–Crippen MR) is 225 cm³/mol. The van der Waals surface area contributed by atoms with Gasteiger partial charge in [-0.1, -0.05) is 158 Å². The summed E-state index contributed by atoms with van der Waals surface area (Å²) >= 11 is 1.86. The fourth-order valence-corrected chi connectivity index (χ4v) is 9.03. The summed E-state index contributed by atoms with van der Waals surface area (Å²) < 4.78 is 2.63. The summed E-state index contributed by atoms with van der Waals surface area (Å²) in [4.78, 5) is 2.45. The lowest BCUT2D eigenvalue weighted by molar-refractivity contribution is 1.28. The fraction of sp³-hybridized carbons (Fsp3) is 0. The number of thiophene rings is 1. The van der Waals surface area contributed by atoms with E-state index in [4.69, 9.17) is 0 Å². The van der Waals surface area contributed by atoms with E-state index in [-0.39, 0.29) is 0 Å². The summed E-state index contributed by atoms with van der Waals surface area (Å²) in [5.41, 5.74) is 10.6. The number of benzene rings is 9. The first-order valence-electron chi connectivity index (χ1n) is 17.8. The molecule has 1 heterocycles. The van der Waals surface area contributed by atoms with Gasteiger partial charge in [0.1, 0.15) is 0 Å². The molecular formula is C50H33NS. The lowest BCUT2D eigenvalue weighted by Gasteiger charge is -2.29. The predicted octanol–water partition coefficient (Wildman–Crippen LogP) is 14.8. The number of para-hydroxylation sites is 1. The molecular weight excluding hydrogens is 647 g/mol. The summed E-state index contributed by atoms with van der Waals surface area (Å²) in [5, 5.41) is 7.60. The summed E-state index contributed by atoms with van der Waals surface area (Å²) in [6.45, 7) is 0. The zero-order valence-corrected chi connectivity index (χ0v) is 29.2. The Morgan fingerprint density at radius 3 is 1.56 bits per heavy atom. The monoisotopic (exact) mass is 679 g/mol. The van der Waals surface area contributed by atoms with Crippen LogP contribution in [-0.4, -0.2) is 0 Å². The molecule has 244 valence electrons. The van der Waals surface area contributed by atoms with E-state index in [2.05, 4.69) is 205 Å². The van der Waals surface area contributed by atoms with Crippen molar-refractivity contribution < 1.29 is 0 Å². The molecule has 10 rings (SSSR count). The molecule has 0 atom stereocenters. The molecule has 10 aromatic rings. The molecule has 0 radical (unpaired) electrons. The highest BCUT2D eigenvalue weighted by Gasteiger charge is 2.20. The Kier molecular flexibility index (Phi) is 7.41. The highest BCUT2D eigenvalue weighted by molar-refractivity contribution is 7.25. The van der Waals surface area contributed by atoms with E-state index in [9.17, 15) is 0 Å². The van der Waals surface area contributed by atoms with Crippen LogP contribution in [0.4, 0.5) is 17.1 Å². The highest BCUT2D eigenvalue weighted by atomic mass is 32.1. The molecule has 0 fully saturated rings. The number of rotatable bonds is 6. The molecule has 1 nitrogen and oxygen atoms in total. The van der Waals surface area contributed by atoms with E-state index in [1.54, 1.807) is 0 Å². The van der Waals surface area contributed by atoms with E-state index < -0.39 is 0 Å². The van der Waals surface area contributed by atoms with Crippen LogP contribution < -0.4 is 4.90 Å². The van der Waals surface area contributed by atoms with Crippen molar-refractivity contribution in [3.63, 3.8) is 0 Å². The van der Waals surface area contributed by atoms with Crippen LogP contribution >= 0.6 is 11.3 Å². The molecule has 0 amide bonds. The van der Waals surface area contributed by atoms with Gasteiger partial charge in [-0.2, -0.15) is 0 Å². The Balaban J connectivity index is 1.21. The molecule has 1 aromatic heterocycles. The van der Waals surface area contributed by atoms with E-state index >= 15 is 0 Å². The second-order valence-electron chi connectivity index (χ2n) is 13.3. The number of hydrogen-bond donors (Lipinski definition) is 0. The van der Waals surface area contributed by atoms with E-state index in [1.807, 2.05) is 11.3 Å². The van der Waals surface area contributed by atoms with Gasteiger partial charge in [0.15, 0.2) is 0 Å². The van der Waals surface area contributed by atoms with Crippen molar-refractivity contribution >= 4 is 70.1 Å². The van der Waals surface area contributed by atoms with E-state index in [1.165, 1.54) is 75.1 Å². The second kappa shape index (κ2) is 12.7. The number of hydrogen-bond acceptors (Lipinski definition) is 2. The third-order valence-electron chi connectivity index (χ3n) is 10.2. The first-order valence-corrected chi connectivity index (χ1v) is 18.6. The van der Waals surface area contributed by atoms with Gasteiger partial charge in [0.2, 0.25) is 0 Å². The van der Waals surface area contributed by atoms with Gasteiger partial charge in [0.25, 0.3) is 0 Å². The minimum absolute atomic E-state index is 1.11. The first-order chi connectivity index (χ1) is 25.8. The van der Waals surface area contributed by atoms with Crippen LogP contribution in [0, 0.1) is 0 Å². The molecule has 0 bridgehead atoms. The lowest BCUT2D eigenvalue weighted by atomic mass is 9.95. The summed E-state index contributed by atoms with van der Waals surface area (Å²) in [6, 6.07) is 73.0. The highest BCUT2D eigenvalue weighted by Crippen LogP contribution is 2.46. The number of anilines is 3. The van der Waals surface area contributed by atoms with Gasteiger partial charge in [-0.3, -0.25) is 0 Å². The van der Waals surface area contributed by atoms with Crippen LogP contribution in [0.3, 0.4) is 0 Å². The van der Waals surface area contributed by atoms with Crippen molar-refractivity contribution in [2.75, 3.05) is 4.90 Å². The normalized spacial score (nSPS) is 11.5. The van der Waals surface area contributed by atoms with Crippen LogP contribution in [0.25, 0.3) is 75.1 Å². The van der Waals surface area contributed by atoms with Crippen LogP contribution in [0.1, 0.15) is 0 Å². The maximum Gasteiger partial charge on any atom is 0.0540 e. The third kappa shape index (κ3) is 5.16. The van der Waals surface area contributed by atoms with Crippen LogP contribution in [0.5, 0.6) is 0 Å². The molecule has 52 heavy (non-hydrogen) atoms. The average molecular weight is 680 g/mol. The molecule has 0 spiro atoms. The first kappa shape index (κ1) is 30.4. The Morgan fingerprint density at radius 1 is 0.327 bits per heavy atom. The van der Waals surface area contributed by atoms with Gasteiger partial charge in [0, 0.05) is 37.1 Å². The van der Waals surface area contributed by atoms with E-state index in [0.29, 0.717) is 0 Å². The molecule has 0 aliphatic heterocycles. The summed E-state index contributed by atoms with van der Waals surface area (Å²) in [6.07, 6.45) is 0. The van der Waals surface area contributed by atoms with Gasteiger partial charge >= 0.3 is 0 Å². The van der Waals surface area contributed by atoms with Crippen molar-refractivity contribution in [2.24, 2.45) is 0 Å². The maximum atomic E-state index is 2.45. The Hall–Kier alpha value is -6.48. The van der Waals surface area contributed by atoms with Gasteiger partial charge in [-0.25, -0.2) is 0 Å². The Bertz CT molecular complexity index is 2920. The molecule has 0 aliphatic rings. The molecule has 9 aromatic carbocycles. The summed E-state index contributed by atoms with van der Waals surface area (Å²) in [5.74, 6) is 0. The van der Waals surface area contributed by atoms with Crippen LogP contribution in [0.2, 0.25) is 0 Å². The second-order valence-corrected chi connectivity index (χ2v) is 14.4. The quantitative estimate of drug-likeness (QED) is 0.169. The van der Waals surface area contributed by atoms with E-state index in [0.717, 1.165) is 17.1 Å². The Morgan fingerprint density at radius 2 is 0.808 bits per heavy atom. The van der Waals surface area contributed by atoms with Crippen molar-refractivity contribution in [3.8, 4) is 33.4 Å². The third-order valence-corrected chi connectivity index (χ3v) is 11.4. The molecule has 0 aliphatic carbocycles. The molecule has 0 saturated carbocycles. The fourth-order valence-electron chi connectivity index (χ4n) is 7.90. The minimum atomic E-state index is 1.11. The number of nitrogens with zero attached hydrogens (tertiary/aromatic N) is 1. The summed E-state index contributed by atoms with van der Waals surface area (Å²) in [7, 11) is 0. The van der Waals surface area contributed by atoms with Crippen molar-refractivity contribution in [2.45, 2.75) is 0 Å². The molecule has 2 heteroatoms. The van der Waals surface area contributed by atoms with Crippen LogP contribution in [0.15, 0.2) is 200 Å². The van der Waals surface area contributed by atoms with Crippen LogP contribution in [-0.2, 0) is 0 Å². The molecule has 0 N–H and O–H groups in total. The Labute approximate surface area is 307 Å². The standard InChI is InChI=1S/C50H33NS/c1-3-22-40-34(14-1)16-11-26-42(40)36-18-9-20-38(32-36)51(47-29-7-5-24-45(47)44-28-12-17-35-15-2-4-23-41(35)44)39-21-10-19-37(33-39)43-27-13-31-49-50(43)46-25-6-8-30-48(46)52-49/h1-33H. The van der Waals surface area contributed by atoms with Gasteiger partial charge in [0.05, 0.1) is 5.69 Å². The van der Waals surface area contributed by atoms with Gasteiger partial charge < -0.3 is 4.90 Å². The SMILES string of the molecule is c1cc(-c2cccc3ccccc23)cc(N(c2cccc(-c3cccc4sc5ccccc5c34)c2)c2ccccc2-c2cccc3ccccc23)c1. The average Bonchev–Trinajstić information content (AvgIpc) is 3.60. The maximum absolute atomic E-state index is 2.45. The lowest BCUT2D eigenvalue weighted by Crippen LogP contribution is -2.11. The molecule has 0 saturated heterocycles. The molecule has 0 unspecified atom stereocenters. The number of fused-ring (bicyclic) bond motifs is 5. The van der Waals surface area contributed by atoms with Crippen molar-refractivity contribution in [1.29, 1.82) is 0 Å². The minimum Gasteiger partial charge on any atom is -0.310 e. The smallest absolute Gasteiger partial charge is 0.0540 e. The van der Waals surface area contributed by atoms with Gasteiger partial charge in [-0.15, -0.1) is 11.3 Å². The zero-order chi connectivity index (χ0) is 34.4. The zero-order valence-electron chi connectivity index (χ0n) is 28.4. The van der Waals surface area contributed by atoms with Crippen molar-refractivity contribution in [1.82, 2.24) is 0 Å². The van der Waals surface area contributed by atoms with Gasteiger partial charge in [-0.05, 0) is 91.8 Å². The topological polar surface area (TPSA) is 3.24 Å². The largest absolute Gasteiger partial charge is 0.310 e.